The predicted octanol–water partition coefficient (Wildman–Crippen LogP) is 2.79. The molecule has 3 heteroatoms. The molecule has 1 aliphatic rings. The van der Waals surface area contributed by atoms with Gasteiger partial charge in [-0.15, -0.1) is 0 Å². The topological polar surface area (TPSA) is 17.0 Å². The standard InChI is InChI=1S/C13H22N2S/c1-3-16-13-6-4-5-12(13)14-9-11-7-8-15(2)10-11/h7-8,10,12-14H,3-6,9H2,1-2H3. The second kappa shape index (κ2) is 5.78. The van der Waals surface area contributed by atoms with Crippen LogP contribution in [0.3, 0.4) is 0 Å². The number of hydrogen-bond donors (Lipinski definition) is 1. The van der Waals surface area contributed by atoms with Crippen LogP contribution in [0.4, 0.5) is 0 Å². The van der Waals surface area contributed by atoms with E-state index in [1.807, 2.05) is 0 Å². The number of hydrogen-bond acceptors (Lipinski definition) is 2. The second-order valence-electron chi connectivity index (χ2n) is 4.60. The zero-order valence-electron chi connectivity index (χ0n) is 10.3. The average Bonchev–Trinajstić information content (AvgIpc) is 2.85. The Morgan fingerprint density at radius 1 is 1.50 bits per heavy atom. The van der Waals surface area contributed by atoms with Gasteiger partial charge in [0.25, 0.3) is 0 Å². The fraction of sp³-hybridized carbons (Fsp3) is 0.692. The minimum atomic E-state index is 0.727. The molecule has 0 radical (unpaired) electrons. The molecule has 0 aliphatic heterocycles. The van der Waals surface area contributed by atoms with E-state index in [0.717, 1.165) is 17.8 Å². The molecule has 0 amide bonds. The maximum absolute atomic E-state index is 3.71. The summed E-state index contributed by atoms with van der Waals surface area (Å²) < 4.78 is 2.12. The fourth-order valence-electron chi connectivity index (χ4n) is 2.49. The molecule has 1 aliphatic carbocycles. The van der Waals surface area contributed by atoms with E-state index in [2.05, 4.69) is 54.1 Å². The highest BCUT2D eigenvalue weighted by Gasteiger charge is 2.26. The Balaban J connectivity index is 1.80. The van der Waals surface area contributed by atoms with Gasteiger partial charge in [0.05, 0.1) is 0 Å². The van der Waals surface area contributed by atoms with Crippen molar-refractivity contribution in [2.24, 2.45) is 7.05 Å². The van der Waals surface area contributed by atoms with Crippen LogP contribution >= 0.6 is 11.8 Å². The van der Waals surface area contributed by atoms with Gasteiger partial charge in [0.1, 0.15) is 0 Å². The molecule has 1 saturated carbocycles. The Bertz CT molecular complexity index is 321. The Morgan fingerprint density at radius 2 is 2.38 bits per heavy atom. The highest BCUT2D eigenvalue weighted by Crippen LogP contribution is 2.29. The summed E-state index contributed by atoms with van der Waals surface area (Å²) in [7, 11) is 2.08. The molecule has 0 saturated heterocycles. The van der Waals surface area contributed by atoms with Crippen LogP contribution in [0.15, 0.2) is 18.5 Å². The number of aryl methyl sites for hydroxylation is 1. The van der Waals surface area contributed by atoms with Gasteiger partial charge in [0.15, 0.2) is 0 Å². The minimum Gasteiger partial charge on any atom is -0.357 e. The van der Waals surface area contributed by atoms with Crippen LogP contribution in [0.25, 0.3) is 0 Å². The van der Waals surface area contributed by atoms with Crippen molar-refractivity contribution in [1.82, 2.24) is 9.88 Å². The Kier molecular flexibility index (Phi) is 4.36. The SMILES string of the molecule is CCSC1CCCC1NCc1ccn(C)c1. The number of rotatable bonds is 5. The van der Waals surface area contributed by atoms with Crippen LogP contribution in [0.5, 0.6) is 0 Å². The first-order chi connectivity index (χ1) is 7.79. The van der Waals surface area contributed by atoms with Gasteiger partial charge in [-0.05, 0) is 30.2 Å². The largest absolute Gasteiger partial charge is 0.357 e. The Labute approximate surface area is 103 Å². The van der Waals surface area contributed by atoms with Gasteiger partial charge in [0, 0.05) is 37.3 Å². The van der Waals surface area contributed by atoms with E-state index in [1.165, 1.54) is 30.6 Å². The summed E-state index contributed by atoms with van der Waals surface area (Å²) in [4.78, 5) is 0. The Morgan fingerprint density at radius 3 is 3.06 bits per heavy atom. The summed E-state index contributed by atoms with van der Waals surface area (Å²) >= 11 is 2.12. The van der Waals surface area contributed by atoms with Gasteiger partial charge in [-0.1, -0.05) is 13.3 Å². The molecule has 0 bridgehead atoms. The number of nitrogens with one attached hydrogen (secondary N) is 1. The van der Waals surface area contributed by atoms with Crippen LogP contribution < -0.4 is 5.32 Å². The molecule has 2 atom stereocenters. The van der Waals surface area contributed by atoms with Gasteiger partial charge >= 0.3 is 0 Å². The molecule has 90 valence electrons. The lowest BCUT2D eigenvalue weighted by Gasteiger charge is -2.19. The van der Waals surface area contributed by atoms with Crippen molar-refractivity contribution < 1.29 is 0 Å². The quantitative estimate of drug-likeness (QED) is 0.849. The smallest absolute Gasteiger partial charge is 0.0223 e. The molecule has 16 heavy (non-hydrogen) atoms. The number of aromatic nitrogens is 1. The first-order valence-electron chi connectivity index (χ1n) is 6.25. The number of thioether (sulfide) groups is 1. The van der Waals surface area contributed by atoms with Crippen LogP contribution in [0.2, 0.25) is 0 Å². The van der Waals surface area contributed by atoms with E-state index < -0.39 is 0 Å². The molecule has 2 unspecified atom stereocenters. The van der Waals surface area contributed by atoms with Crippen molar-refractivity contribution in [2.45, 2.75) is 44.0 Å². The summed E-state index contributed by atoms with van der Waals surface area (Å²) in [5.41, 5.74) is 1.40. The Hall–Kier alpha value is -0.410. The third kappa shape index (κ3) is 3.05. The molecule has 0 spiro atoms. The van der Waals surface area contributed by atoms with Crippen LogP contribution in [-0.2, 0) is 13.6 Å². The van der Waals surface area contributed by atoms with Crippen molar-refractivity contribution in [3.05, 3.63) is 24.0 Å². The lowest BCUT2D eigenvalue weighted by Crippen LogP contribution is -2.33. The molecule has 1 N–H and O–H groups in total. The van der Waals surface area contributed by atoms with Gasteiger partial charge in [-0.3, -0.25) is 0 Å². The first-order valence-corrected chi connectivity index (χ1v) is 7.30. The predicted molar refractivity (Wildman–Crippen MR) is 71.8 cm³/mol. The first kappa shape index (κ1) is 12.1. The van der Waals surface area contributed by atoms with Crippen LogP contribution in [-0.4, -0.2) is 21.6 Å². The van der Waals surface area contributed by atoms with E-state index in [-0.39, 0.29) is 0 Å². The van der Waals surface area contributed by atoms with Gasteiger partial charge in [-0.2, -0.15) is 11.8 Å². The maximum Gasteiger partial charge on any atom is 0.0223 e. The maximum atomic E-state index is 3.71. The van der Waals surface area contributed by atoms with Gasteiger partial charge in [0.2, 0.25) is 0 Å². The fourth-order valence-corrected chi connectivity index (χ4v) is 3.71. The third-order valence-electron chi connectivity index (χ3n) is 3.29. The highest BCUT2D eigenvalue weighted by molar-refractivity contribution is 7.99. The lowest BCUT2D eigenvalue weighted by atomic mass is 10.2. The van der Waals surface area contributed by atoms with E-state index in [4.69, 9.17) is 0 Å². The molecule has 2 nitrogen and oxygen atoms in total. The zero-order chi connectivity index (χ0) is 11.4. The van der Waals surface area contributed by atoms with Crippen molar-refractivity contribution >= 4 is 11.8 Å². The molecule has 1 aromatic rings. The van der Waals surface area contributed by atoms with Crippen molar-refractivity contribution in [1.29, 1.82) is 0 Å². The molecule has 1 fully saturated rings. The van der Waals surface area contributed by atoms with E-state index >= 15 is 0 Å². The lowest BCUT2D eigenvalue weighted by molar-refractivity contribution is 0.532. The van der Waals surface area contributed by atoms with E-state index in [0.29, 0.717) is 0 Å². The summed E-state index contributed by atoms with van der Waals surface area (Å²) in [6, 6.07) is 2.93. The molecule has 1 aromatic heterocycles. The summed E-state index contributed by atoms with van der Waals surface area (Å²) in [6.45, 7) is 3.28. The van der Waals surface area contributed by atoms with Crippen molar-refractivity contribution in [2.75, 3.05) is 5.75 Å². The highest BCUT2D eigenvalue weighted by atomic mass is 32.2. The number of nitrogens with zero attached hydrogens (tertiary/aromatic N) is 1. The van der Waals surface area contributed by atoms with E-state index in [9.17, 15) is 0 Å². The molecular weight excluding hydrogens is 216 g/mol. The van der Waals surface area contributed by atoms with Crippen molar-refractivity contribution in [3.63, 3.8) is 0 Å². The summed E-state index contributed by atoms with van der Waals surface area (Å²) in [5, 5.41) is 4.55. The van der Waals surface area contributed by atoms with E-state index in [1.54, 1.807) is 0 Å². The second-order valence-corrected chi connectivity index (χ2v) is 6.11. The molecule has 1 heterocycles. The summed E-state index contributed by atoms with van der Waals surface area (Å²) in [6.07, 6.45) is 8.45. The van der Waals surface area contributed by atoms with Gasteiger partial charge < -0.3 is 9.88 Å². The van der Waals surface area contributed by atoms with Crippen LogP contribution in [0, 0.1) is 0 Å². The monoisotopic (exact) mass is 238 g/mol. The van der Waals surface area contributed by atoms with Crippen LogP contribution in [0.1, 0.15) is 31.7 Å². The van der Waals surface area contributed by atoms with Gasteiger partial charge in [-0.25, -0.2) is 0 Å². The molecular formula is C13H22N2S. The normalized spacial score (nSPS) is 25.1. The summed E-state index contributed by atoms with van der Waals surface area (Å²) in [5.74, 6) is 1.24. The van der Waals surface area contributed by atoms with Crippen molar-refractivity contribution in [3.8, 4) is 0 Å². The minimum absolute atomic E-state index is 0.727. The third-order valence-corrected chi connectivity index (χ3v) is 4.62. The average molecular weight is 238 g/mol. The zero-order valence-corrected chi connectivity index (χ0v) is 11.1. The molecule has 2 rings (SSSR count). The molecule has 0 aromatic carbocycles.